The number of rotatable bonds is 3. The molecule has 2 rings (SSSR count). The van der Waals surface area contributed by atoms with Gasteiger partial charge in [-0.1, -0.05) is 29.8 Å². The number of anilines is 2. The first-order chi connectivity index (χ1) is 9.06. The van der Waals surface area contributed by atoms with Gasteiger partial charge in [-0.05, 0) is 45.8 Å². The van der Waals surface area contributed by atoms with Gasteiger partial charge in [0.1, 0.15) is 0 Å². The van der Waals surface area contributed by atoms with Crippen LogP contribution in [-0.2, 0) is 11.2 Å². The van der Waals surface area contributed by atoms with E-state index >= 15 is 0 Å². The summed E-state index contributed by atoms with van der Waals surface area (Å²) in [6.07, 6.45) is 0.243. The molecule has 0 saturated carbocycles. The van der Waals surface area contributed by atoms with Gasteiger partial charge >= 0.3 is 0 Å². The molecule has 2 aromatic rings. The molecular weight excluding hydrogens is 328 g/mol. The lowest BCUT2D eigenvalue weighted by atomic mass is 10.1. The van der Waals surface area contributed by atoms with Crippen LogP contribution in [0.1, 0.15) is 5.56 Å². The molecule has 3 N–H and O–H groups in total. The van der Waals surface area contributed by atoms with Crippen molar-refractivity contribution < 1.29 is 4.79 Å². The third kappa shape index (κ3) is 3.72. The summed E-state index contributed by atoms with van der Waals surface area (Å²) in [5.41, 5.74) is 7.93. The fraction of sp³-hybridized carbons (Fsp3) is 0.0714. The van der Waals surface area contributed by atoms with Crippen molar-refractivity contribution in [3.63, 3.8) is 0 Å². The fourth-order valence-electron chi connectivity index (χ4n) is 1.65. The molecule has 19 heavy (non-hydrogen) atoms. The Morgan fingerprint density at radius 2 is 2.00 bits per heavy atom. The van der Waals surface area contributed by atoms with E-state index in [2.05, 4.69) is 21.2 Å². The number of hydrogen-bond donors (Lipinski definition) is 2. The van der Waals surface area contributed by atoms with Crippen LogP contribution in [0.25, 0.3) is 0 Å². The van der Waals surface area contributed by atoms with E-state index in [-0.39, 0.29) is 12.3 Å². The summed E-state index contributed by atoms with van der Waals surface area (Å²) in [5, 5.41) is 3.40. The molecule has 0 fully saturated rings. The Morgan fingerprint density at radius 1 is 1.26 bits per heavy atom. The molecule has 3 nitrogen and oxygen atoms in total. The number of hydrogen-bond acceptors (Lipinski definition) is 2. The van der Waals surface area contributed by atoms with Crippen molar-refractivity contribution in [3.8, 4) is 0 Å². The lowest BCUT2D eigenvalue weighted by Crippen LogP contribution is -2.15. The second-order valence-electron chi connectivity index (χ2n) is 4.05. The zero-order valence-corrected chi connectivity index (χ0v) is 12.3. The molecule has 0 aliphatic carbocycles. The Kier molecular flexibility index (Phi) is 4.45. The monoisotopic (exact) mass is 338 g/mol. The normalized spacial score (nSPS) is 10.2. The average Bonchev–Trinajstić information content (AvgIpc) is 2.37. The van der Waals surface area contributed by atoms with Gasteiger partial charge in [0, 0.05) is 15.8 Å². The molecule has 2 aromatic carbocycles. The summed E-state index contributed by atoms with van der Waals surface area (Å²) >= 11 is 9.20. The number of amides is 1. The highest BCUT2D eigenvalue weighted by molar-refractivity contribution is 9.10. The zero-order chi connectivity index (χ0) is 13.8. The summed E-state index contributed by atoms with van der Waals surface area (Å²) < 4.78 is 0.742. The highest BCUT2D eigenvalue weighted by Gasteiger charge is 2.07. The summed E-state index contributed by atoms with van der Waals surface area (Å²) in [6, 6.07) is 12.5. The Morgan fingerprint density at radius 3 is 2.68 bits per heavy atom. The maximum atomic E-state index is 11.9. The number of benzene rings is 2. The quantitative estimate of drug-likeness (QED) is 0.834. The summed E-state index contributed by atoms with van der Waals surface area (Å²) in [6.45, 7) is 0. The van der Waals surface area contributed by atoms with Gasteiger partial charge in [0.2, 0.25) is 5.91 Å². The molecule has 0 aliphatic heterocycles. The molecule has 98 valence electrons. The molecule has 0 radical (unpaired) electrons. The molecule has 0 aliphatic rings. The predicted octanol–water partition coefficient (Wildman–Crippen LogP) is 3.87. The van der Waals surface area contributed by atoms with Crippen LogP contribution in [0.4, 0.5) is 11.4 Å². The van der Waals surface area contributed by atoms with Crippen LogP contribution in [0, 0.1) is 0 Å². The Labute approximate surface area is 124 Å². The molecule has 0 bridgehead atoms. The van der Waals surface area contributed by atoms with E-state index in [1.165, 1.54) is 0 Å². The van der Waals surface area contributed by atoms with Crippen LogP contribution < -0.4 is 11.1 Å². The van der Waals surface area contributed by atoms with Crippen LogP contribution in [0.3, 0.4) is 0 Å². The minimum Gasteiger partial charge on any atom is -0.398 e. The highest BCUT2D eigenvalue weighted by Crippen LogP contribution is 2.25. The van der Waals surface area contributed by atoms with Crippen LogP contribution in [0.2, 0.25) is 5.02 Å². The minimum absolute atomic E-state index is 0.118. The van der Waals surface area contributed by atoms with Crippen molar-refractivity contribution in [2.24, 2.45) is 0 Å². The number of nitrogens with two attached hydrogens (primary N) is 1. The Hall–Kier alpha value is -1.52. The number of halogens is 2. The number of carbonyl (C=O) groups excluding carboxylic acids is 1. The first-order valence-corrected chi connectivity index (χ1v) is 6.81. The standard InChI is InChI=1S/C14H12BrClN2O/c15-11-8-10(5-6-12(11)16)18-14(19)7-9-3-1-2-4-13(9)17/h1-6,8H,7,17H2,(H,18,19). The van der Waals surface area contributed by atoms with Crippen molar-refractivity contribution in [1.82, 2.24) is 0 Å². The summed E-state index contributed by atoms with van der Waals surface area (Å²) in [7, 11) is 0. The first-order valence-electron chi connectivity index (χ1n) is 5.64. The van der Waals surface area contributed by atoms with Crippen LogP contribution in [-0.4, -0.2) is 5.91 Å². The van der Waals surface area contributed by atoms with Gasteiger partial charge in [-0.3, -0.25) is 4.79 Å². The molecule has 0 unspecified atom stereocenters. The van der Waals surface area contributed by atoms with E-state index < -0.39 is 0 Å². The molecule has 0 saturated heterocycles. The number of para-hydroxylation sites is 1. The maximum absolute atomic E-state index is 11.9. The van der Waals surface area contributed by atoms with Crippen molar-refractivity contribution >= 4 is 44.8 Å². The van der Waals surface area contributed by atoms with Gasteiger partial charge in [0.15, 0.2) is 0 Å². The molecule has 0 heterocycles. The third-order valence-corrected chi connectivity index (χ3v) is 3.82. The maximum Gasteiger partial charge on any atom is 0.228 e. The number of nitrogens with one attached hydrogen (secondary N) is 1. The van der Waals surface area contributed by atoms with Crippen molar-refractivity contribution in [1.29, 1.82) is 0 Å². The van der Waals surface area contributed by atoms with Gasteiger partial charge in [-0.2, -0.15) is 0 Å². The number of carbonyl (C=O) groups is 1. The fourth-order valence-corrected chi connectivity index (χ4v) is 2.14. The minimum atomic E-state index is -0.118. The third-order valence-electron chi connectivity index (χ3n) is 2.61. The van der Waals surface area contributed by atoms with E-state index in [1.54, 1.807) is 24.3 Å². The summed E-state index contributed by atoms with van der Waals surface area (Å²) in [4.78, 5) is 11.9. The average molecular weight is 340 g/mol. The van der Waals surface area contributed by atoms with Gasteiger partial charge in [0.05, 0.1) is 11.4 Å². The van der Waals surface area contributed by atoms with Gasteiger partial charge in [0.25, 0.3) is 0 Å². The van der Waals surface area contributed by atoms with E-state index in [9.17, 15) is 4.79 Å². The summed E-state index contributed by atoms with van der Waals surface area (Å²) in [5.74, 6) is -0.118. The van der Waals surface area contributed by atoms with E-state index in [0.717, 1.165) is 10.0 Å². The topological polar surface area (TPSA) is 55.1 Å². The Balaban J connectivity index is 2.05. The van der Waals surface area contributed by atoms with Crippen molar-refractivity contribution in [2.75, 3.05) is 11.1 Å². The van der Waals surface area contributed by atoms with Crippen molar-refractivity contribution in [2.45, 2.75) is 6.42 Å². The molecule has 1 amide bonds. The van der Waals surface area contributed by atoms with Gasteiger partial charge < -0.3 is 11.1 Å². The first kappa shape index (κ1) is 13.9. The molecular formula is C14H12BrClN2O. The van der Waals surface area contributed by atoms with Crippen molar-refractivity contribution in [3.05, 3.63) is 57.5 Å². The zero-order valence-electron chi connectivity index (χ0n) is 9.99. The van der Waals surface area contributed by atoms with Crippen LogP contribution in [0.15, 0.2) is 46.9 Å². The molecule has 5 heteroatoms. The number of nitrogen functional groups attached to an aromatic ring is 1. The van der Waals surface area contributed by atoms with Gasteiger partial charge in [-0.25, -0.2) is 0 Å². The predicted molar refractivity (Wildman–Crippen MR) is 82.3 cm³/mol. The second kappa shape index (κ2) is 6.08. The lowest BCUT2D eigenvalue weighted by Gasteiger charge is -2.08. The SMILES string of the molecule is Nc1ccccc1CC(=O)Nc1ccc(Cl)c(Br)c1. The highest BCUT2D eigenvalue weighted by atomic mass is 79.9. The van der Waals surface area contributed by atoms with E-state index in [1.807, 2.05) is 18.2 Å². The van der Waals surface area contributed by atoms with Crippen LogP contribution in [0.5, 0.6) is 0 Å². The van der Waals surface area contributed by atoms with E-state index in [4.69, 9.17) is 17.3 Å². The van der Waals surface area contributed by atoms with Crippen LogP contribution >= 0.6 is 27.5 Å². The Bertz CT molecular complexity index is 616. The molecule has 0 aromatic heterocycles. The second-order valence-corrected chi connectivity index (χ2v) is 5.31. The van der Waals surface area contributed by atoms with Gasteiger partial charge in [-0.15, -0.1) is 0 Å². The van der Waals surface area contributed by atoms with E-state index in [0.29, 0.717) is 16.4 Å². The smallest absolute Gasteiger partial charge is 0.228 e. The molecule has 0 spiro atoms. The lowest BCUT2D eigenvalue weighted by molar-refractivity contribution is -0.115. The largest absolute Gasteiger partial charge is 0.398 e. The molecule has 0 atom stereocenters.